The number of aliphatic hydroxyl groups is 1. The average molecular weight is 266 g/mol. The zero-order valence-corrected chi connectivity index (χ0v) is 10.5. The second-order valence-corrected chi connectivity index (χ2v) is 3.91. The third-order valence-electron chi connectivity index (χ3n) is 2.23. The predicted octanol–water partition coefficient (Wildman–Crippen LogP) is 2.46. The number of anilines is 1. The van der Waals surface area contributed by atoms with Crippen molar-refractivity contribution < 1.29 is 9.84 Å². The Morgan fingerprint density at radius 2 is 2.28 bits per heavy atom. The first-order valence-corrected chi connectivity index (χ1v) is 5.68. The molecule has 5 nitrogen and oxygen atoms in total. The third-order valence-corrected chi connectivity index (χ3v) is 2.49. The summed E-state index contributed by atoms with van der Waals surface area (Å²) in [6, 6.07) is 7.07. The van der Waals surface area contributed by atoms with Crippen LogP contribution in [0, 0.1) is 0 Å². The van der Waals surface area contributed by atoms with Gasteiger partial charge in [-0.05, 0) is 17.7 Å². The zero-order chi connectivity index (χ0) is 13.0. The van der Waals surface area contributed by atoms with Crippen molar-refractivity contribution in [3.8, 4) is 11.6 Å². The first-order chi connectivity index (χ1) is 8.72. The monoisotopic (exact) mass is 265 g/mol. The number of benzene rings is 1. The summed E-state index contributed by atoms with van der Waals surface area (Å²) in [4.78, 5) is 8.06. The van der Waals surface area contributed by atoms with Crippen LogP contribution in [0.25, 0.3) is 0 Å². The van der Waals surface area contributed by atoms with Gasteiger partial charge in [0.15, 0.2) is 0 Å². The van der Waals surface area contributed by atoms with E-state index in [4.69, 9.17) is 21.4 Å². The molecule has 2 aromatic rings. The van der Waals surface area contributed by atoms with Crippen LogP contribution < -0.4 is 10.1 Å². The van der Waals surface area contributed by atoms with Gasteiger partial charge >= 0.3 is 0 Å². The molecule has 0 spiro atoms. The molecule has 0 atom stereocenters. The van der Waals surface area contributed by atoms with Crippen molar-refractivity contribution in [2.24, 2.45) is 0 Å². The number of rotatable bonds is 4. The molecule has 1 heterocycles. The number of hydrogen-bond acceptors (Lipinski definition) is 5. The van der Waals surface area contributed by atoms with Crippen LogP contribution in [-0.2, 0) is 6.61 Å². The van der Waals surface area contributed by atoms with Gasteiger partial charge in [-0.25, -0.2) is 4.98 Å². The van der Waals surface area contributed by atoms with Crippen molar-refractivity contribution in [3.05, 3.63) is 41.0 Å². The van der Waals surface area contributed by atoms with E-state index in [1.54, 1.807) is 31.3 Å². The third kappa shape index (κ3) is 2.88. The molecular formula is C12H12ClN3O2. The van der Waals surface area contributed by atoms with Crippen LogP contribution in [0.2, 0.25) is 5.02 Å². The Morgan fingerprint density at radius 3 is 3.00 bits per heavy atom. The number of ether oxygens (including phenoxy) is 1. The Hall–Kier alpha value is -1.85. The van der Waals surface area contributed by atoms with Gasteiger partial charge in [0.25, 0.3) is 0 Å². The summed E-state index contributed by atoms with van der Waals surface area (Å²) in [5, 5.41) is 12.2. The van der Waals surface area contributed by atoms with E-state index in [2.05, 4.69) is 15.3 Å². The van der Waals surface area contributed by atoms with Gasteiger partial charge in [0.1, 0.15) is 10.8 Å². The van der Waals surface area contributed by atoms with Gasteiger partial charge in [-0.15, -0.1) is 0 Å². The molecule has 0 fully saturated rings. The van der Waals surface area contributed by atoms with Crippen molar-refractivity contribution in [2.75, 3.05) is 12.4 Å². The van der Waals surface area contributed by atoms with Crippen molar-refractivity contribution in [1.82, 2.24) is 9.97 Å². The number of nitrogens with zero attached hydrogens (tertiary/aromatic N) is 2. The van der Waals surface area contributed by atoms with Crippen LogP contribution >= 0.6 is 11.6 Å². The van der Waals surface area contributed by atoms with Gasteiger partial charge in [-0.1, -0.05) is 23.7 Å². The number of aromatic nitrogens is 2. The van der Waals surface area contributed by atoms with Crippen molar-refractivity contribution in [2.45, 2.75) is 6.61 Å². The average Bonchev–Trinajstić information content (AvgIpc) is 2.41. The summed E-state index contributed by atoms with van der Waals surface area (Å²) >= 11 is 5.95. The zero-order valence-electron chi connectivity index (χ0n) is 9.72. The fourth-order valence-electron chi connectivity index (χ4n) is 1.36. The lowest BCUT2D eigenvalue weighted by molar-refractivity contribution is 0.281. The Balaban J connectivity index is 2.27. The van der Waals surface area contributed by atoms with E-state index in [-0.39, 0.29) is 12.5 Å². The van der Waals surface area contributed by atoms with Crippen LogP contribution in [0.1, 0.15) is 5.56 Å². The molecule has 0 aliphatic heterocycles. The van der Waals surface area contributed by atoms with E-state index in [1.807, 2.05) is 0 Å². The Morgan fingerprint density at radius 1 is 1.44 bits per heavy atom. The highest BCUT2D eigenvalue weighted by Crippen LogP contribution is 2.27. The van der Waals surface area contributed by atoms with E-state index in [0.717, 1.165) is 5.56 Å². The molecule has 0 aliphatic rings. The SMILES string of the molecule is CNc1ncc(Cl)c(Oc2cccc(CO)c2)n1. The second-order valence-electron chi connectivity index (χ2n) is 3.50. The fourth-order valence-corrected chi connectivity index (χ4v) is 1.49. The molecular weight excluding hydrogens is 254 g/mol. The summed E-state index contributed by atoms with van der Waals surface area (Å²) in [5.74, 6) is 1.25. The Labute approximate surface area is 109 Å². The Kier molecular flexibility index (Phi) is 3.96. The number of halogens is 1. The number of nitrogens with one attached hydrogen (secondary N) is 1. The minimum atomic E-state index is -0.0452. The highest BCUT2D eigenvalue weighted by atomic mass is 35.5. The summed E-state index contributed by atoms with van der Waals surface area (Å²) in [6.07, 6.45) is 1.46. The molecule has 1 aromatic heterocycles. The fraction of sp³-hybridized carbons (Fsp3) is 0.167. The minimum absolute atomic E-state index is 0.0452. The maximum atomic E-state index is 9.05. The topological polar surface area (TPSA) is 67.3 Å². The van der Waals surface area contributed by atoms with Crippen molar-refractivity contribution in [3.63, 3.8) is 0 Å². The van der Waals surface area contributed by atoms with Gasteiger partial charge in [-0.2, -0.15) is 4.98 Å². The van der Waals surface area contributed by atoms with Crippen LogP contribution in [0.15, 0.2) is 30.5 Å². The van der Waals surface area contributed by atoms with E-state index in [0.29, 0.717) is 16.7 Å². The lowest BCUT2D eigenvalue weighted by Crippen LogP contribution is -1.98. The van der Waals surface area contributed by atoms with Gasteiger partial charge in [0, 0.05) is 7.05 Å². The smallest absolute Gasteiger partial charge is 0.243 e. The lowest BCUT2D eigenvalue weighted by atomic mass is 10.2. The molecule has 6 heteroatoms. The van der Waals surface area contributed by atoms with E-state index in [1.165, 1.54) is 6.20 Å². The summed E-state index contributed by atoms with van der Waals surface area (Å²) in [7, 11) is 1.71. The van der Waals surface area contributed by atoms with E-state index >= 15 is 0 Å². The number of hydrogen-bond donors (Lipinski definition) is 2. The predicted molar refractivity (Wildman–Crippen MR) is 69.0 cm³/mol. The molecule has 0 saturated carbocycles. The van der Waals surface area contributed by atoms with Gasteiger partial charge in [0.05, 0.1) is 12.8 Å². The molecule has 0 saturated heterocycles. The molecule has 18 heavy (non-hydrogen) atoms. The largest absolute Gasteiger partial charge is 0.437 e. The van der Waals surface area contributed by atoms with E-state index in [9.17, 15) is 0 Å². The maximum Gasteiger partial charge on any atom is 0.243 e. The van der Waals surface area contributed by atoms with Gasteiger partial charge < -0.3 is 15.2 Å². The summed E-state index contributed by atoms with van der Waals surface area (Å²) < 4.78 is 5.56. The highest BCUT2D eigenvalue weighted by molar-refractivity contribution is 6.31. The molecule has 0 unspecified atom stereocenters. The molecule has 94 valence electrons. The van der Waals surface area contributed by atoms with Crippen LogP contribution in [0.3, 0.4) is 0 Å². The Bertz CT molecular complexity index is 549. The molecule has 0 aliphatic carbocycles. The quantitative estimate of drug-likeness (QED) is 0.889. The molecule has 2 rings (SSSR count). The first kappa shape index (κ1) is 12.6. The molecule has 0 radical (unpaired) electrons. The summed E-state index contributed by atoms with van der Waals surface area (Å²) in [5.41, 5.74) is 0.756. The standard InChI is InChI=1S/C12H12ClN3O2/c1-14-12-15-6-10(13)11(16-12)18-9-4-2-3-8(5-9)7-17/h2-6,17H,7H2,1H3,(H,14,15,16). The second kappa shape index (κ2) is 5.66. The molecule has 1 aromatic carbocycles. The molecule has 0 bridgehead atoms. The van der Waals surface area contributed by atoms with Gasteiger partial charge in [0.2, 0.25) is 11.8 Å². The van der Waals surface area contributed by atoms with Crippen LogP contribution in [-0.4, -0.2) is 22.1 Å². The highest BCUT2D eigenvalue weighted by Gasteiger charge is 2.07. The maximum absolute atomic E-state index is 9.05. The van der Waals surface area contributed by atoms with Crippen molar-refractivity contribution in [1.29, 1.82) is 0 Å². The van der Waals surface area contributed by atoms with Gasteiger partial charge in [-0.3, -0.25) is 0 Å². The van der Waals surface area contributed by atoms with Crippen molar-refractivity contribution >= 4 is 17.5 Å². The minimum Gasteiger partial charge on any atom is -0.437 e. The first-order valence-electron chi connectivity index (χ1n) is 5.31. The van der Waals surface area contributed by atoms with Crippen LogP contribution in [0.4, 0.5) is 5.95 Å². The molecule has 2 N–H and O–H groups in total. The van der Waals surface area contributed by atoms with Crippen LogP contribution in [0.5, 0.6) is 11.6 Å². The number of aliphatic hydroxyl groups excluding tert-OH is 1. The lowest BCUT2D eigenvalue weighted by Gasteiger charge is -2.08. The van der Waals surface area contributed by atoms with E-state index < -0.39 is 0 Å². The molecule has 0 amide bonds. The summed E-state index contributed by atoms with van der Waals surface area (Å²) in [6.45, 7) is -0.0452. The normalized spacial score (nSPS) is 10.2.